The number of halogens is 2. The number of carbonyl (C=O) groups is 3. The van der Waals surface area contributed by atoms with E-state index >= 15 is 0 Å². The van der Waals surface area contributed by atoms with Crippen molar-refractivity contribution in [3.8, 4) is 16.9 Å². The lowest BCUT2D eigenvalue weighted by Gasteiger charge is -2.38. The second-order valence-corrected chi connectivity index (χ2v) is 12.5. The third kappa shape index (κ3) is 7.04. The molecule has 14 heteroatoms. The molecule has 5 rings (SSSR count). The Morgan fingerprint density at radius 1 is 1.09 bits per heavy atom. The van der Waals surface area contributed by atoms with Crippen molar-refractivity contribution in [1.82, 2.24) is 18.9 Å². The highest BCUT2D eigenvalue weighted by Crippen LogP contribution is 2.29. The molecule has 2 aromatic carbocycles. The number of piperidine rings is 1. The average molecular weight is 669 g/mol. The zero-order chi connectivity index (χ0) is 34.0. The molecule has 47 heavy (non-hydrogen) atoms. The van der Waals surface area contributed by atoms with Gasteiger partial charge in [0.15, 0.2) is 0 Å². The Morgan fingerprint density at radius 3 is 2.49 bits per heavy atom. The molecule has 250 valence electrons. The van der Waals surface area contributed by atoms with E-state index in [0.717, 1.165) is 26.5 Å². The number of urea groups is 1. The van der Waals surface area contributed by atoms with E-state index in [-0.39, 0.29) is 47.1 Å². The molecule has 3 aromatic rings. The Labute approximate surface area is 275 Å². The molecule has 2 aliphatic heterocycles. The van der Waals surface area contributed by atoms with E-state index < -0.39 is 34.9 Å². The number of rotatable bonds is 9. The Morgan fingerprint density at radius 2 is 1.81 bits per heavy atom. The SMILES string of the molecule is COc1ccc2c(c1)CCN(C1CCN(C(=O)Cn3cc(-c4cccc(F)c4Cl)c(=O)n([C@@H](C)CC(C)C(N)=O)c3=O)CC1)C(=O)N2. The van der Waals surface area contributed by atoms with Crippen molar-refractivity contribution in [2.45, 2.75) is 58.2 Å². The summed E-state index contributed by atoms with van der Waals surface area (Å²) >= 11 is 6.23. The van der Waals surface area contributed by atoms with Crippen LogP contribution in [0, 0.1) is 11.7 Å². The summed E-state index contributed by atoms with van der Waals surface area (Å²) in [6.45, 7) is 4.04. The van der Waals surface area contributed by atoms with E-state index in [1.54, 1.807) is 36.8 Å². The van der Waals surface area contributed by atoms with Gasteiger partial charge in [0, 0.05) is 55.1 Å². The van der Waals surface area contributed by atoms with E-state index in [0.29, 0.717) is 44.6 Å². The quantitative estimate of drug-likeness (QED) is 0.356. The van der Waals surface area contributed by atoms with E-state index in [1.165, 1.54) is 18.3 Å². The Hall–Kier alpha value is -4.65. The minimum Gasteiger partial charge on any atom is -0.497 e. The molecule has 12 nitrogen and oxygen atoms in total. The molecule has 2 atom stereocenters. The van der Waals surface area contributed by atoms with Gasteiger partial charge in [-0.3, -0.25) is 23.5 Å². The topological polar surface area (TPSA) is 149 Å². The second kappa shape index (κ2) is 14.0. The maximum atomic E-state index is 14.4. The van der Waals surface area contributed by atoms with Crippen LogP contribution in [0.3, 0.4) is 0 Å². The third-order valence-corrected chi connectivity index (χ3v) is 9.43. The van der Waals surface area contributed by atoms with Crippen LogP contribution in [-0.2, 0) is 22.6 Å². The zero-order valence-electron chi connectivity index (χ0n) is 26.5. The zero-order valence-corrected chi connectivity index (χ0v) is 27.3. The molecule has 0 saturated carbocycles. The largest absolute Gasteiger partial charge is 0.497 e. The molecular weight excluding hydrogens is 631 g/mol. The first-order valence-corrected chi connectivity index (χ1v) is 15.9. The highest BCUT2D eigenvalue weighted by molar-refractivity contribution is 6.33. The lowest BCUT2D eigenvalue weighted by molar-refractivity contribution is -0.133. The van der Waals surface area contributed by atoms with Gasteiger partial charge >= 0.3 is 11.7 Å². The van der Waals surface area contributed by atoms with Gasteiger partial charge in [-0.25, -0.2) is 14.0 Å². The number of primary amides is 1. The highest BCUT2D eigenvalue weighted by Gasteiger charge is 2.32. The molecule has 3 N–H and O–H groups in total. The van der Waals surface area contributed by atoms with Gasteiger partial charge in [0.2, 0.25) is 11.8 Å². The minimum absolute atomic E-state index is 0.0648. The smallest absolute Gasteiger partial charge is 0.331 e. The average Bonchev–Trinajstić information content (AvgIpc) is 3.21. The summed E-state index contributed by atoms with van der Waals surface area (Å²) < 4.78 is 21.8. The van der Waals surface area contributed by atoms with Crippen molar-refractivity contribution in [2.24, 2.45) is 11.7 Å². The van der Waals surface area contributed by atoms with Crippen molar-refractivity contribution < 1.29 is 23.5 Å². The van der Waals surface area contributed by atoms with Crippen LogP contribution in [-0.4, -0.2) is 69.6 Å². The number of hydrogen-bond acceptors (Lipinski definition) is 6. The summed E-state index contributed by atoms with van der Waals surface area (Å²) in [5, 5.41) is 2.68. The summed E-state index contributed by atoms with van der Waals surface area (Å²) in [5.41, 5.74) is 5.68. The van der Waals surface area contributed by atoms with Crippen molar-refractivity contribution >= 4 is 35.1 Å². The maximum absolute atomic E-state index is 14.4. The fraction of sp³-hybridized carbons (Fsp3) is 0.424. The molecule has 0 aliphatic carbocycles. The van der Waals surface area contributed by atoms with Crippen LogP contribution in [0.25, 0.3) is 11.1 Å². The fourth-order valence-corrected chi connectivity index (χ4v) is 6.56. The van der Waals surface area contributed by atoms with Gasteiger partial charge in [0.05, 0.1) is 17.7 Å². The molecule has 0 bridgehead atoms. The van der Waals surface area contributed by atoms with Gasteiger partial charge < -0.3 is 25.6 Å². The van der Waals surface area contributed by atoms with Crippen LogP contribution in [0.2, 0.25) is 5.02 Å². The first-order chi connectivity index (χ1) is 22.4. The van der Waals surface area contributed by atoms with Crippen molar-refractivity contribution in [3.63, 3.8) is 0 Å². The summed E-state index contributed by atoms with van der Waals surface area (Å²) in [6, 6.07) is 8.48. The molecule has 0 radical (unpaired) electrons. The Balaban J connectivity index is 1.35. The number of nitrogens with two attached hydrogens (primary N) is 1. The summed E-state index contributed by atoms with van der Waals surface area (Å²) in [6.07, 6.45) is 3.05. The molecular formula is C33H38ClFN6O6. The number of anilines is 1. The molecule has 4 amide bonds. The van der Waals surface area contributed by atoms with Crippen molar-refractivity contribution in [2.75, 3.05) is 32.1 Å². The first-order valence-electron chi connectivity index (χ1n) is 15.5. The van der Waals surface area contributed by atoms with E-state index in [4.69, 9.17) is 22.1 Å². The third-order valence-electron chi connectivity index (χ3n) is 9.05. The Bertz CT molecular complexity index is 1820. The van der Waals surface area contributed by atoms with Crippen LogP contribution in [0.1, 0.15) is 44.7 Å². The minimum atomic E-state index is -0.770. The highest BCUT2D eigenvalue weighted by atomic mass is 35.5. The summed E-state index contributed by atoms with van der Waals surface area (Å²) in [7, 11) is 1.60. The number of aromatic nitrogens is 2. The fourth-order valence-electron chi connectivity index (χ4n) is 6.33. The van der Waals surface area contributed by atoms with E-state index in [1.807, 2.05) is 12.1 Å². The lowest BCUT2D eigenvalue weighted by Crippen LogP contribution is -2.51. The van der Waals surface area contributed by atoms with Crippen molar-refractivity contribution in [1.29, 1.82) is 0 Å². The van der Waals surface area contributed by atoms with Crippen LogP contribution < -0.4 is 27.0 Å². The van der Waals surface area contributed by atoms with E-state index in [9.17, 15) is 28.4 Å². The number of ether oxygens (including phenoxy) is 1. The van der Waals surface area contributed by atoms with Gasteiger partial charge in [0.25, 0.3) is 5.56 Å². The number of benzene rings is 2. The molecule has 1 fully saturated rings. The number of nitrogens with zero attached hydrogens (tertiary/aromatic N) is 4. The van der Waals surface area contributed by atoms with Gasteiger partial charge in [-0.05, 0) is 62.4 Å². The molecule has 0 spiro atoms. The number of methoxy groups -OCH3 is 1. The number of nitrogens with one attached hydrogen (secondary N) is 1. The van der Waals surface area contributed by atoms with Gasteiger partial charge in [-0.1, -0.05) is 30.7 Å². The van der Waals surface area contributed by atoms with Gasteiger partial charge in [-0.15, -0.1) is 0 Å². The monoisotopic (exact) mass is 668 g/mol. The number of likely N-dealkylation sites (tertiary alicyclic amines) is 1. The molecule has 1 aromatic heterocycles. The van der Waals surface area contributed by atoms with Crippen LogP contribution in [0.5, 0.6) is 5.75 Å². The van der Waals surface area contributed by atoms with E-state index in [2.05, 4.69) is 5.32 Å². The lowest BCUT2D eigenvalue weighted by atomic mass is 10.0. The Kier molecular flexibility index (Phi) is 10.0. The predicted molar refractivity (Wildman–Crippen MR) is 175 cm³/mol. The molecule has 1 saturated heterocycles. The normalized spacial score (nSPS) is 16.6. The molecule has 3 heterocycles. The van der Waals surface area contributed by atoms with Gasteiger partial charge in [0.1, 0.15) is 18.1 Å². The summed E-state index contributed by atoms with van der Waals surface area (Å²) in [5.74, 6) is -1.62. The standard InChI is InChI=1S/C33H38ClFN6O6/c1-19(30(36)43)15-20(2)41-31(44)25(24-5-4-6-26(35)29(24)34)17-39(33(41)46)18-28(42)38-12-10-22(11-13-38)40-14-9-21-16-23(47-3)7-8-27(21)37-32(40)45/h4-8,16-17,19-20,22H,9-15,18H2,1-3H3,(H2,36,43)(H,37,45)/t19?,20-/m0/s1. The maximum Gasteiger partial charge on any atom is 0.331 e. The van der Waals surface area contributed by atoms with Crippen LogP contribution in [0.4, 0.5) is 14.9 Å². The number of fused-ring (bicyclic) bond motifs is 1. The number of hydrogen-bond donors (Lipinski definition) is 2. The number of carbonyl (C=O) groups excluding carboxylic acids is 3. The number of amides is 4. The molecule has 1 unspecified atom stereocenters. The summed E-state index contributed by atoms with van der Waals surface area (Å²) in [4.78, 5) is 69.2. The predicted octanol–water partition coefficient (Wildman–Crippen LogP) is 3.63. The molecule has 2 aliphatic rings. The van der Waals surface area contributed by atoms with Gasteiger partial charge in [-0.2, -0.15) is 0 Å². The van der Waals surface area contributed by atoms with Crippen LogP contribution >= 0.6 is 11.6 Å². The first kappa shape index (κ1) is 33.7. The second-order valence-electron chi connectivity index (χ2n) is 12.1. The van der Waals surface area contributed by atoms with Crippen molar-refractivity contribution in [3.05, 3.63) is 79.8 Å². The van der Waals surface area contributed by atoms with Crippen LogP contribution in [0.15, 0.2) is 52.2 Å².